The highest BCUT2D eigenvalue weighted by molar-refractivity contribution is 7.99. The lowest BCUT2D eigenvalue weighted by atomic mass is 10.2. The molecule has 3 aromatic heterocycles. The van der Waals surface area contributed by atoms with Crippen LogP contribution in [0.5, 0.6) is 0 Å². The number of aryl methyl sites for hydroxylation is 1. The summed E-state index contributed by atoms with van der Waals surface area (Å²) in [6.45, 7) is 3.95. The third kappa shape index (κ3) is 5.49. The van der Waals surface area contributed by atoms with E-state index in [2.05, 4.69) is 20.3 Å². The van der Waals surface area contributed by atoms with E-state index in [1.165, 1.54) is 15.9 Å². The fourth-order valence-electron chi connectivity index (χ4n) is 3.14. The van der Waals surface area contributed by atoms with Crippen LogP contribution in [0.15, 0.2) is 57.9 Å². The van der Waals surface area contributed by atoms with Crippen molar-refractivity contribution in [3.63, 3.8) is 0 Å². The highest BCUT2D eigenvalue weighted by Crippen LogP contribution is 2.22. The van der Waals surface area contributed by atoms with Crippen molar-refractivity contribution in [3.8, 4) is 5.82 Å². The van der Waals surface area contributed by atoms with Gasteiger partial charge in [0.05, 0.1) is 35.4 Å². The lowest BCUT2D eigenvalue weighted by molar-refractivity contribution is -0.142. The van der Waals surface area contributed by atoms with E-state index in [9.17, 15) is 14.4 Å². The Balaban J connectivity index is 1.54. The second kappa shape index (κ2) is 10.6. The van der Waals surface area contributed by atoms with Gasteiger partial charge in [-0.25, -0.2) is 19.5 Å². The normalized spacial score (nSPS) is 10.9. The monoisotopic (exact) mass is 495 g/mol. The summed E-state index contributed by atoms with van der Waals surface area (Å²) in [4.78, 5) is 50.7. The molecule has 174 valence electrons. The largest absolute Gasteiger partial charge is 0.466 e. The zero-order valence-corrected chi connectivity index (χ0v) is 20.1. The summed E-state index contributed by atoms with van der Waals surface area (Å²) in [6, 6.07) is 10.7. The van der Waals surface area contributed by atoms with Gasteiger partial charge in [0.2, 0.25) is 5.91 Å². The Morgan fingerprint density at radius 3 is 2.82 bits per heavy atom. The average molecular weight is 496 g/mol. The number of thiazole rings is 1. The number of para-hydroxylation sites is 1. The van der Waals surface area contributed by atoms with Gasteiger partial charge < -0.3 is 10.1 Å². The van der Waals surface area contributed by atoms with Crippen LogP contribution in [0, 0.1) is 6.92 Å². The number of amides is 1. The van der Waals surface area contributed by atoms with Gasteiger partial charge in [0.25, 0.3) is 5.56 Å². The number of nitrogens with zero attached hydrogens (tertiary/aromatic N) is 4. The number of nitrogens with one attached hydrogen (secondary N) is 1. The summed E-state index contributed by atoms with van der Waals surface area (Å²) in [5.74, 6) is -0.238. The molecule has 11 heteroatoms. The highest BCUT2D eigenvalue weighted by Gasteiger charge is 2.16. The van der Waals surface area contributed by atoms with Gasteiger partial charge in [0, 0.05) is 11.6 Å². The van der Waals surface area contributed by atoms with Crippen LogP contribution in [-0.2, 0) is 20.7 Å². The lowest BCUT2D eigenvalue weighted by Gasteiger charge is -2.12. The number of esters is 1. The molecule has 34 heavy (non-hydrogen) atoms. The van der Waals surface area contributed by atoms with Crippen LogP contribution in [-0.4, -0.2) is 43.8 Å². The number of thioether (sulfide) groups is 1. The van der Waals surface area contributed by atoms with E-state index in [-0.39, 0.29) is 29.6 Å². The molecule has 0 saturated heterocycles. The Morgan fingerprint density at radius 1 is 1.21 bits per heavy atom. The molecule has 0 bridgehead atoms. The fourth-order valence-corrected chi connectivity index (χ4v) is 4.67. The van der Waals surface area contributed by atoms with Crippen molar-refractivity contribution in [2.24, 2.45) is 0 Å². The van der Waals surface area contributed by atoms with E-state index in [0.717, 1.165) is 17.3 Å². The molecule has 1 N–H and O–H groups in total. The molecule has 0 aliphatic heterocycles. The quantitative estimate of drug-likeness (QED) is 0.225. The molecule has 1 amide bonds. The molecule has 0 aliphatic rings. The van der Waals surface area contributed by atoms with Gasteiger partial charge in [-0.3, -0.25) is 14.4 Å². The standard InChI is InChI=1S/C23H21N5O4S2/c1-3-32-20(30)11-15-12-33-22(25-15)27-19(29)13-34-23-26-17-7-5-4-6-16(17)21(31)28(23)18-10-14(2)8-9-24-18/h4-10,12H,3,11,13H2,1-2H3,(H,25,27,29). The van der Waals surface area contributed by atoms with Gasteiger partial charge in [0.1, 0.15) is 5.82 Å². The first-order valence-corrected chi connectivity index (χ1v) is 12.3. The van der Waals surface area contributed by atoms with Crippen LogP contribution in [0.3, 0.4) is 0 Å². The minimum absolute atomic E-state index is 0.00336. The number of fused-ring (bicyclic) bond motifs is 1. The van der Waals surface area contributed by atoms with Crippen LogP contribution < -0.4 is 10.9 Å². The molecule has 3 heterocycles. The van der Waals surface area contributed by atoms with E-state index < -0.39 is 0 Å². The molecule has 0 unspecified atom stereocenters. The second-order valence-corrected chi connectivity index (χ2v) is 9.01. The van der Waals surface area contributed by atoms with Crippen LogP contribution in [0.2, 0.25) is 0 Å². The van der Waals surface area contributed by atoms with Crippen molar-refractivity contribution in [2.75, 3.05) is 17.7 Å². The number of hydrogen-bond acceptors (Lipinski definition) is 9. The lowest BCUT2D eigenvalue weighted by Crippen LogP contribution is -2.23. The summed E-state index contributed by atoms with van der Waals surface area (Å²) < 4.78 is 6.34. The maximum Gasteiger partial charge on any atom is 0.311 e. The minimum Gasteiger partial charge on any atom is -0.466 e. The van der Waals surface area contributed by atoms with Crippen molar-refractivity contribution in [2.45, 2.75) is 25.4 Å². The molecule has 0 fully saturated rings. The van der Waals surface area contributed by atoms with E-state index in [0.29, 0.717) is 39.3 Å². The summed E-state index contributed by atoms with van der Waals surface area (Å²) in [6.07, 6.45) is 1.68. The minimum atomic E-state index is -0.369. The van der Waals surface area contributed by atoms with Crippen molar-refractivity contribution in [1.82, 2.24) is 19.5 Å². The summed E-state index contributed by atoms with van der Waals surface area (Å²) >= 11 is 2.36. The number of aromatic nitrogens is 4. The Kier molecular flexibility index (Phi) is 7.33. The molecule has 0 aliphatic carbocycles. The van der Waals surface area contributed by atoms with Gasteiger partial charge in [-0.05, 0) is 43.7 Å². The van der Waals surface area contributed by atoms with Gasteiger partial charge in [-0.1, -0.05) is 23.9 Å². The first-order valence-electron chi connectivity index (χ1n) is 10.4. The zero-order valence-electron chi connectivity index (χ0n) is 18.5. The van der Waals surface area contributed by atoms with Crippen molar-refractivity contribution in [3.05, 3.63) is 69.6 Å². The number of pyridine rings is 1. The van der Waals surface area contributed by atoms with Gasteiger partial charge in [-0.2, -0.15) is 0 Å². The molecule has 0 spiro atoms. The number of carbonyl (C=O) groups is 2. The maximum absolute atomic E-state index is 13.3. The molecule has 0 atom stereocenters. The maximum atomic E-state index is 13.3. The predicted octanol–water partition coefficient (Wildman–Crippen LogP) is 3.38. The van der Waals surface area contributed by atoms with E-state index in [4.69, 9.17) is 4.74 Å². The molecule has 4 aromatic rings. The predicted molar refractivity (Wildman–Crippen MR) is 132 cm³/mol. The molecule has 0 radical (unpaired) electrons. The van der Waals surface area contributed by atoms with Crippen LogP contribution in [0.1, 0.15) is 18.2 Å². The van der Waals surface area contributed by atoms with Crippen LogP contribution >= 0.6 is 23.1 Å². The van der Waals surface area contributed by atoms with E-state index in [1.54, 1.807) is 42.8 Å². The smallest absolute Gasteiger partial charge is 0.311 e. The molecule has 0 saturated carbocycles. The Bertz CT molecular complexity index is 1420. The topological polar surface area (TPSA) is 116 Å². The molecule has 1 aromatic carbocycles. The molecular formula is C23H21N5O4S2. The third-order valence-electron chi connectivity index (χ3n) is 4.64. The second-order valence-electron chi connectivity index (χ2n) is 7.21. The van der Waals surface area contributed by atoms with Crippen LogP contribution in [0.25, 0.3) is 16.7 Å². The Labute approximate surface area is 203 Å². The number of benzene rings is 1. The zero-order chi connectivity index (χ0) is 24.1. The third-order valence-corrected chi connectivity index (χ3v) is 6.38. The van der Waals surface area contributed by atoms with Crippen molar-refractivity contribution in [1.29, 1.82) is 0 Å². The number of carbonyl (C=O) groups excluding carboxylic acids is 2. The van der Waals surface area contributed by atoms with Crippen molar-refractivity contribution >= 4 is 51.0 Å². The number of anilines is 1. The number of hydrogen-bond donors (Lipinski definition) is 1. The number of rotatable bonds is 8. The number of ether oxygens (including phenoxy) is 1. The molecular weight excluding hydrogens is 474 g/mol. The molecule has 4 rings (SSSR count). The summed E-state index contributed by atoms with van der Waals surface area (Å²) in [5.41, 5.74) is 1.76. The first-order chi connectivity index (χ1) is 16.4. The van der Waals surface area contributed by atoms with Crippen LogP contribution in [0.4, 0.5) is 5.13 Å². The Morgan fingerprint density at radius 2 is 2.03 bits per heavy atom. The summed E-state index contributed by atoms with van der Waals surface area (Å²) in [5, 5.41) is 5.64. The SMILES string of the molecule is CCOC(=O)Cc1csc(NC(=O)CSc2nc3ccccc3c(=O)n2-c2cc(C)ccn2)n1. The summed E-state index contributed by atoms with van der Waals surface area (Å²) in [7, 11) is 0. The first kappa shape index (κ1) is 23.6. The molecule has 9 nitrogen and oxygen atoms in total. The fraction of sp³-hybridized carbons (Fsp3) is 0.217. The van der Waals surface area contributed by atoms with Gasteiger partial charge >= 0.3 is 5.97 Å². The van der Waals surface area contributed by atoms with Crippen molar-refractivity contribution < 1.29 is 14.3 Å². The van der Waals surface area contributed by atoms with E-state index >= 15 is 0 Å². The Hall–Kier alpha value is -3.57. The van der Waals surface area contributed by atoms with Gasteiger partial charge in [-0.15, -0.1) is 11.3 Å². The van der Waals surface area contributed by atoms with Gasteiger partial charge in [0.15, 0.2) is 10.3 Å². The highest BCUT2D eigenvalue weighted by atomic mass is 32.2. The van der Waals surface area contributed by atoms with E-state index in [1.807, 2.05) is 19.1 Å². The average Bonchev–Trinajstić information content (AvgIpc) is 3.24.